The van der Waals surface area contributed by atoms with Crippen LogP contribution >= 0.6 is 0 Å². The fraction of sp³-hybridized carbons (Fsp3) is 0.400. The van der Waals surface area contributed by atoms with Gasteiger partial charge in [0.05, 0.1) is 17.8 Å². The van der Waals surface area contributed by atoms with E-state index in [1.807, 2.05) is 44.2 Å². The number of benzene rings is 1. The van der Waals surface area contributed by atoms with Gasteiger partial charge in [0.2, 0.25) is 11.9 Å². The van der Waals surface area contributed by atoms with E-state index in [9.17, 15) is 13.6 Å². The van der Waals surface area contributed by atoms with Crippen molar-refractivity contribution in [3.8, 4) is 0 Å². The third-order valence-corrected chi connectivity index (χ3v) is 4.63. The molecular weight excluding hydrogens is 336 g/mol. The molecule has 26 heavy (non-hydrogen) atoms. The van der Waals surface area contributed by atoms with E-state index in [-0.39, 0.29) is 24.8 Å². The van der Waals surface area contributed by atoms with Gasteiger partial charge in [0, 0.05) is 18.5 Å². The Bertz CT molecular complexity index is 767. The normalized spacial score (nSPS) is 21.0. The number of halogens is 2. The van der Waals surface area contributed by atoms with E-state index >= 15 is 0 Å². The van der Waals surface area contributed by atoms with Crippen LogP contribution in [0.4, 0.5) is 8.78 Å². The summed E-state index contributed by atoms with van der Waals surface area (Å²) < 4.78 is 27.8. The fourth-order valence-corrected chi connectivity index (χ4v) is 3.16. The number of nitrogens with zero attached hydrogens (tertiary/aromatic N) is 1. The Hall–Kier alpha value is -2.34. The molecule has 1 aromatic carbocycles. The molecule has 2 heterocycles. The van der Waals surface area contributed by atoms with Gasteiger partial charge >= 0.3 is 0 Å². The number of rotatable bonds is 5. The van der Waals surface area contributed by atoms with Gasteiger partial charge in [0.25, 0.3) is 0 Å². The second-order valence-electron chi connectivity index (χ2n) is 6.92. The minimum Gasteiger partial charge on any atom is -0.342 e. The number of pyridine rings is 1. The van der Waals surface area contributed by atoms with Gasteiger partial charge in [-0.05, 0) is 17.5 Å². The average molecular weight is 359 g/mol. The molecule has 1 aromatic heterocycles. The number of nitrogens with one attached hydrogen (secondary N) is 2. The Kier molecular flexibility index (Phi) is 5.61. The number of amides is 1. The van der Waals surface area contributed by atoms with E-state index < -0.39 is 24.2 Å². The van der Waals surface area contributed by atoms with E-state index in [0.717, 1.165) is 5.56 Å². The first-order valence-electron chi connectivity index (χ1n) is 8.84. The van der Waals surface area contributed by atoms with Crippen molar-refractivity contribution >= 4 is 5.91 Å². The van der Waals surface area contributed by atoms with Crippen molar-refractivity contribution in [3.63, 3.8) is 0 Å². The number of hydrogen-bond donors (Lipinski definition) is 2. The van der Waals surface area contributed by atoms with Gasteiger partial charge in [-0.25, -0.2) is 9.37 Å². The lowest BCUT2D eigenvalue weighted by Crippen LogP contribution is -2.42. The van der Waals surface area contributed by atoms with Crippen LogP contribution in [0.15, 0.2) is 42.5 Å². The van der Waals surface area contributed by atoms with E-state index in [1.54, 1.807) is 12.1 Å². The van der Waals surface area contributed by atoms with Crippen molar-refractivity contribution < 1.29 is 13.6 Å². The molecule has 2 N–H and O–H groups in total. The zero-order valence-electron chi connectivity index (χ0n) is 14.9. The van der Waals surface area contributed by atoms with Crippen LogP contribution in [-0.2, 0) is 4.79 Å². The Labute approximate surface area is 152 Å². The van der Waals surface area contributed by atoms with E-state index in [0.29, 0.717) is 11.3 Å². The van der Waals surface area contributed by atoms with Crippen molar-refractivity contribution in [2.24, 2.45) is 0 Å². The van der Waals surface area contributed by atoms with Crippen LogP contribution in [0.2, 0.25) is 0 Å². The minimum atomic E-state index is -1.03. The van der Waals surface area contributed by atoms with Crippen LogP contribution < -0.4 is 10.6 Å². The second kappa shape index (κ2) is 7.91. The Balaban J connectivity index is 1.89. The molecule has 3 rings (SSSR count). The molecule has 0 unspecified atom stereocenters. The summed E-state index contributed by atoms with van der Waals surface area (Å²) in [6, 6.07) is 11.5. The minimum absolute atomic E-state index is 0.0190. The average Bonchev–Trinajstić information content (AvgIpc) is 3.06. The summed E-state index contributed by atoms with van der Waals surface area (Å²) in [5.74, 6) is -0.824. The van der Waals surface area contributed by atoms with Crippen molar-refractivity contribution in [1.29, 1.82) is 0 Å². The topological polar surface area (TPSA) is 54.0 Å². The summed E-state index contributed by atoms with van der Waals surface area (Å²) in [5, 5.41) is 5.76. The number of carbonyl (C=O) groups excluding carboxylic acids is 1. The molecular formula is C20H23F2N3O. The molecule has 4 nitrogen and oxygen atoms in total. The number of hydrogen-bond acceptors (Lipinski definition) is 3. The maximum absolute atomic E-state index is 14.4. The molecule has 1 saturated heterocycles. The zero-order chi connectivity index (χ0) is 18.7. The molecule has 6 heteroatoms. The molecule has 0 bridgehead atoms. The standard InChI is InChI=1S/C20H23F2N3O/c1-12(2)15-8-9-16(24-19(15)22)18(13-6-4-3-5-7-13)25-20(26)17-10-14(21)11-23-17/h3-9,12,14,17-18,23H,10-11H2,1-2H3,(H,25,26)/t14-,17+,18+/m1/s1. The quantitative estimate of drug-likeness (QED) is 0.806. The highest BCUT2D eigenvalue weighted by Gasteiger charge is 2.31. The van der Waals surface area contributed by atoms with E-state index in [2.05, 4.69) is 15.6 Å². The largest absolute Gasteiger partial charge is 0.342 e. The number of aromatic nitrogens is 1. The van der Waals surface area contributed by atoms with Crippen LogP contribution in [0.3, 0.4) is 0 Å². The van der Waals surface area contributed by atoms with Gasteiger partial charge in [-0.3, -0.25) is 4.79 Å². The van der Waals surface area contributed by atoms with Crippen LogP contribution in [0, 0.1) is 5.95 Å². The Morgan fingerprint density at radius 2 is 1.96 bits per heavy atom. The fourth-order valence-electron chi connectivity index (χ4n) is 3.16. The first-order valence-corrected chi connectivity index (χ1v) is 8.84. The molecule has 1 aliphatic rings. The lowest BCUT2D eigenvalue weighted by molar-refractivity contribution is -0.123. The summed E-state index contributed by atoms with van der Waals surface area (Å²) in [4.78, 5) is 16.6. The first-order chi connectivity index (χ1) is 12.5. The van der Waals surface area contributed by atoms with Crippen LogP contribution in [0.5, 0.6) is 0 Å². The van der Waals surface area contributed by atoms with Gasteiger partial charge in [-0.1, -0.05) is 50.2 Å². The van der Waals surface area contributed by atoms with Crippen molar-refractivity contribution in [2.75, 3.05) is 6.54 Å². The second-order valence-corrected chi connectivity index (χ2v) is 6.92. The monoisotopic (exact) mass is 359 g/mol. The van der Waals surface area contributed by atoms with Gasteiger partial charge in [-0.2, -0.15) is 4.39 Å². The van der Waals surface area contributed by atoms with E-state index in [4.69, 9.17) is 0 Å². The SMILES string of the molecule is CC(C)c1ccc([C@@H](NC(=O)[C@@H]2C[C@@H](F)CN2)c2ccccc2)nc1F. The molecule has 2 aromatic rings. The molecule has 1 fully saturated rings. The highest BCUT2D eigenvalue weighted by molar-refractivity contribution is 5.83. The molecule has 1 amide bonds. The van der Waals surface area contributed by atoms with Crippen LogP contribution in [-0.4, -0.2) is 29.6 Å². The summed E-state index contributed by atoms with van der Waals surface area (Å²) >= 11 is 0. The smallest absolute Gasteiger partial charge is 0.238 e. The maximum atomic E-state index is 14.4. The molecule has 0 radical (unpaired) electrons. The number of alkyl halides is 1. The molecule has 0 spiro atoms. The predicted molar refractivity (Wildman–Crippen MR) is 96.0 cm³/mol. The zero-order valence-corrected chi connectivity index (χ0v) is 14.9. The lowest BCUT2D eigenvalue weighted by Gasteiger charge is -2.22. The van der Waals surface area contributed by atoms with Gasteiger partial charge in [-0.15, -0.1) is 0 Å². The third-order valence-electron chi connectivity index (χ3n) is 4.63. The predicted octanol–water partition coefficient (Wildman–Crippen LogP) is 3.25. The van der Waals surface area contributed by atoms with Gasteiger partial charge in [0.15, 0.2) is 0 Å². The summed E-state index contributed by atoms with van der Waals surface area (Å²) in [6.45, 7) is 3.97. The molecule has 0 saturated carbocycles. The lowest BCUT2D eigenvalue weighted by atomic mass is 9.99. The molecule has 1 aliphatic heterocycles. The van der Waals surface area contributed by atoms with Crippen molar-refractivity contribution in [2.45, 2.75) is 44.4 Å². The van der Waals surface area contributed by atoms with Gasteiger partial charge in [0.1, 0.15) is 6.17 Å². The summed E-state index contributed by atoms with van der Waals surface area (Å²) in [7, 11) is 0. The highest BCUT2D eigenvalue weighted by Crippen LogP contribution is 2.24. The van der Waals surface area contributed by atoms with Crippen molar-refractivity contribution in [1.82, 2.24) is 15.6 Å². The highest BCUT2D eigenvalue weighted by atomic mass is 19.1. The first kappa shape index (κ1) is 18.5. The number of carbonyl (C=O) groups is 1. The van der Waals surface area contributed by atoms with Crippen LogP contribution in [0.25, 0.3) is 0 Å². The maximum Gasteiger partial charge on any atom is 0.238 e. The van der Waals surface area contributed by atoms with Crippen molar-refractivity contribution in [3.05, 3.63) is 65.2 Å². The molecule has 138 valence electrons. The summed E-state index contributed by atoms with van der Waals surface area (Å²) in [5.41, 5.74) is 1.74. The molecule has 0 aliphatic carbocycles. The Morgan fingerprint density at radius 1 is 1.23 bits per heavy atom. The van der Waals surface area contributed by atoms with E-state index in [1.165, 1.54) is 0 Å². The summed E-state index contributed by atoms with van der Waals surface area (Å²) in [6.07, 6.45) is -0.886. The van der Waals surface area contributed by atoms with Gasteiger partial charge < -0.3 is 10.6 Å². The Morgan fingerprint density at radius 3 is 2.54 bits per heavy atom. The third kappa shape index (κ3) is 4.07. The molecule has 3 atom stereocenters. The van der Waals surface area contributed by atoms with Crippen LogP contribution in [0.1, 0.15) is 49.0 Å².